The number of aliphatic carboxylic acids is 2. The molecular formula is C28H32N2O13. The first-order valence-corrected chi connectivity index (χ1v) is 13.7. The number of nitrogens with zero attached hydrogens (tertiary/aromatic N) is 1. The standard InChI is InChI=1S/C28H32N2O13/c1-12(24(36)29-14(25(37)38)10-19(33)34)41-20(35)11-16(32)26(39)42-17-5-6-28(40)18-9-13-3-4-15(31)22-21(13)27(28,23(17)43-22)7-8-30(18)2/h3-5,12,14,16,18,23,31-32,40H,6-11H2,1-2H3,(H,29,36)(H,33,34)(H,37,38)/t12-,14+,16-,18+,23-,27-,28+/m0/s1. The highest BCUT2D eigenvalue weighted by Gasteiger charge is 2.72. The van der Waals surface area contributed by atoms with Gasteiger partial charge in [0.15, 0.2) is 29.8 Å². The number of benzene rings is 1. The highest BCUT2D eigenvalue weighted by Crippen LogP contribution is 2.65. The van der Waals surface area contributed by atoms with E-state index in [9.17, 15) is 39.3 Å². The molecule has 0 saturated carbocycles. The molecule has 1 fully saturated rings. The molecule has 1 aromatic carbocycles. The van der Waals surface area contributed by atoms with Gasteiger partial charge in [0.25, 0.3) is 5.91 Å². The number of hydrogen-bond acceptors (Lipinski definition) is 12. The van der Waals surface area contributed by atoms with E-state index < -0.39 is 78.0 Å². The van der Waals surface area contributed by atoms with E-state index in [1.54, 1.807) is 6.07 Å². The van der Waals surface area contributed by atoms with Crippen molar-refractivity contribution in [1.29, 1.82) is 0 Å². The van der Waals surface area contributed by atoms with Crippen molar-refractivity contribution >= 4 is 29.8 Å². The van der Waals surface area contributed by atoms with Crippen LogP contribution in [-0.4, -0.2) is 110 Å². The van der Waals surface area contributed by atoms with Crippen LogP contribution < -0.4 is 10.1 Å². The van der Waals surface area contributed by atoms with Crippen LogP contribution >= 0.6 is 0 Å². The molecule has 1 aromatic rings. The molecule has 2 heterocycles. The smallest absolute Gasteiger partial charge is 0.340 e. The van der Waals surface area contributed by atoms with Crippen LogP contribution in [0.4, 0.5) is 0 Å². The fourth-order valence-electron chi connectivity index (χ4n) is 6.83. The van der Waals surface area contributed by atoms with E-state index in [4.69, 9.17) is 24.4 Å². The zero-order chi connectivity index (χ0) is 31.4. The quantitative estimate of drug-likeness (QED) is 0.175. The minimum Gasteiger partial charge on any atom is -0.504 e. The van der Waals surface area contributed by atoms with Crippen molar-refractivity contribution in [1.82, 2.24) is 10.2 Å². The molecule has 1 amide bonds. The van der Waals surface area contributed by atoms with Crippen molar-refractivity contribution in [2.24, 2.45) is 0 Å². The van der Waals surface area contributed by atoms with Crippen molar-refractivity contribution in [2.45, 2.75) is 80.4 Å². The van der Waals surface area contributed by atoms with Crippen LogP contribution in [0.5, 0.6) is 11.5 Å². The molecule has 0 unspecified atom stereocenters. The average Bonchev–Trinajstić information content (AvgIpc) is 3.29. The Morgan fingerprint density at radius 1 is 1.19 bits per heavy atom. The number of carbonyl (C=O) groups excluding carboxylic acids is 3. The Morgan fingerprint density at radius 2 is 1.91 bits per heavy atom. The lowest BCUT2D eigenvalue weighted by molar-refractivity contribution is -0.173. The van der Waals surface area contributed by atoms with Crippen molar-refractivity contribution < 1.29 is 63.7 Å². The number of rotatable bonds is 10. The molecule has 43 heavy (non-hydrogen) atoms. The monoisotopic (exact) mass is 604 g/mol. The van der Waals surface area contributed by atoms with Crippen LogP contribution in [0.2, 0.25) is 0 Å². The zero-order valence-electron chi connectivity index (χ0n) is 23.3. The molecule has 232 valence electrons. The van der Waals surface area contributed by atoms with E-state index in [0.717, 1.165) is 12.5 Å². The third-order valence-electron chi connectivity index (χ3n) is 8.87. The number of likely N-dealkylation sites (N-methyl/N-ethyl adjacent to an activating group) is 1. The molecule has 4 aliphatic rings. The van der Waals surface area contributed by atoms with Gasteiger partial charge in [-0.05, 0) is 51.1 Å². The molecule has 15 heteroatoms. The van der Waals surface area contributed by atoms with Crippen LogP contribution in [0.25, 0.3) is 0 Å². The van der Waals surface area contributed by atoms with E-state index in [-0.39, 0.29) is 29.7 Å². The molecule has 6 N–H and O–H groups in total. The Hall–Kier alpha value is -4.21. The Balaban J connectivity index is 1.26. The summed E-state index contributed by atoms with van der Waals surface area (Å²) < 4.78 is 16.6. The molecule has 5 rings (SSSR count). The molecule has 15 nitrogen and oxygen atoms in total. The second-order valence-electron chi connectivity index (χ2n) is 11.4. The van der Waals surface area contributed by atoms with Crippen molar-refractivity contribution in [3.8, 4) is 11.5 Å². The summed E-state index contributed by atoms with van der Waals surface area (Å²) in [5.41, 5.74) is -0.744. The summed E-state index contributed by atoms with van der Waals surface area (Å²) in [6.07, 6.45) is -3.84. The number of carboxylic acids is 2. The molecular weight excluding hydrogens is 572 g/mol. The average molecular weight is 605 g/mol. The minimum atomic E-state index is -2.02. The highest BCUT2D eigenvalue weighted by molar-refractivity contribution is 5.90. The van der Waals surface area contributed by atoms with Gasteiger partial charge in [0.1, 0.15) is 11.8 Å². The number of esters is 2. The summed E-state index contributed by atoms with van der Waals surface area (Å²) in [4.78, 5) is 61.5. The number of carbonyl (C=O) groups is 5. The molecule has 2 bridgehead atoms. The number of nitrogens with one attached hydrogen (secondary N) is 1. The van der Waals surface area contributed by atoms with Gasteiger partial charge < -0.3 is 50.0 Å². The normalized spacial score (nSPS) is 28.7. The maximum Gasteiger partial charge on any atom is 0.340 e. The fraction of sp³-hybridized carbons (Fsp3) is 0.536. The first-order valence-electron chi connectivity index (χ1n) is 13.7. The Labute approximate surface area is 244 Å². The summed E-state index contributed by atoms with van der Waals surface area (Å²) >= 11 is 0. The molecule has 1 saturated heterocycles. The number of amides is 1. The summed E-state index contributed by atoms with van der Waals surface area (Å²) in [6.45, 7) is 1.70. The Morgan fingerprint density at radius 3 is 2.58 bits per heavy atom. The van der Waals surface area contributed by atoms with Crippen molar-refractivity contribution in [3.05, 3.63) is 35.1 Å². The maximum atomic E-state index is 12.9. The summed E-state index contributed by atoms with van der Waals surface area (Å²) in [5, 5.41) is 52.9. The predicted molar refractivity (Wildman–Crippen MR) is 141 cm³/mol. The molecule has 7 atom stereocenters. The zero-order valence-corrected chi connectivity index (χ0v) is 23.3. The van der Waals surface area contributed by atoms with E-state index >= 15 is 0 Å². The second-order valence-corrected chi connectivity index (χ2v) is 11.4. The van der Waals surface area contributed by atoms with Gasteiger partial charge in [-0.2, -0.15) is 0 Å². The van der Waals surface area contributed by atoms with Gasteiger partial charge >= 0.3 is 23.9 Å². The van der Waals surface area contributed by atoms with Crippen LogP contribution in [0, 0.1) is 0 Å². The van der Waals surface area contributed by atoms with E-state index in [1.165, 1.54) is 12.1 Å². The van der Waals surface area contributed by atoms with Gasteiger partial charge in [-0.25, -0.2) is 9.59 Å². The van der Waals surface area contributed by atoms with Gasteiger partial charge in [0.2, 0.25) is 0 Å². The Kier molecular flexibility index (Phi) is 7.61. The van der Waals surface area contributed by atoms with Gasteiger partial charge in [0, 0.05) is 18.0 Å². The molecule has 0 radical (unpaired) electrons. The minimum absolute atomic E-state index is 0.0136. The lowest BCUT2D eigenvalue weighted by atomic mass is 9.50. The summed E-state index contributed by atoms with van der Waals surface area (Å²) in [6, 6.07) is 1.28. The molecule has 1 spiro atoms. The van der Waals surface area contributed by atoms with E-state index in [2.05, 4.69) is 4.90 Å². The first kappa shape index (κ1) is 30.3. The van der Waals surface area contributed by atoms with Gasteiger partial charge in [0.05, 0.1) is 23.9 Å². The first-order chi connectivity index (χ1) is 20.2. The molecule has 2 aliphatic carbocycles. The largest absolute Gasteiger partial charge is 0.504 e. The van der Waals surface area contributed by atoms with Gasteiger partial charge in [-0.3, -0.25) is 14.4 Å². The maximum absolute atomic E-state index is 12.9. The van der Waals surface area contributed by atoms with Gasteiger partial charge in [-0.1, -0.05) is 6.07 Å². The van der Waals surface area contributed by atoms with Crippen LogP contribution in [0.1, 0.15) is 43.7 Å². The number of ether oxygens (including phenoxy) is 3. The van der Waals surface area contributed by atoms with E-state index in [0.29, 0.717) is 24.9 Å². The number of aliphatic hydroxyl groups is 2. The van der Waals surface area contributed by atoms with Gasteiger partial charge in [-0.15, -0.1) is 0 Å². The topological polar surface area (TPSA) is 229 Å². The predicted octanol–water partition coefficient (Wildman–Crippen LogP) is -1.06. The fourth-order valence-corrected chi connectivity index (χ4v) is 6.83. The summed E-state index contributed by atoms with van der Waals surface area (Å²) in [7, 11) is 1.92. The third-order valence-corrected chi connectivity index (χ3v) is 8.87. The molecule has 0 aromatic heterocycles. The number of phenols is 1. The van der Waals surface area contributed by atoms with E-state index in [1.807, 2.05) is 12.4 Å². The van der Waals surface area contributed by atoms with Crippen molar-refractivity contribution in [2.75, 3.05) is 13.6 Å². The number of hydrogen-bond donors (Lipinski definition) is 6. The second kappa shape index (κ2) is 10.8. The number of aromatic hydroxyl groups is 1. The van der Waals surface area contributed by atoms with Crippen molar-refractivity contribution in [3.63, 3.8) is 0 Å². The number of likely N-dealkylation sites (tertiary alicyclic amines) is 1. The van der Waals surface area contributed by atoms with Crippen LogP contribution in [-0.2, 0) is 45.3 Å². The molecule has 2 aliphatic heterocycles. The van der Waals surface area contributed by atoms with Crippen LogP contribution in [0.15, 0.2) is 24.0 Å². The SMILES string of the molecule is C[C@H](OC(=O)C[C@H](O)C(=O)OC1=CC[C@@]2(O)[C@H]3Cc4ccc(O)c5c4[C@@]2(CCN3C)[C@H]1O5)C(=O)N[C@H](CC(=O)O)C(=O)O. The van der Waals surface area contributed by atoms with Crippen LogP contribution in [0.3, 0.4) is 0 Å². The number of aliphatic hydroxyl groups excluding tert-OH is 1. The lowest BCUT2D eigenvalue weighted by Gasteiger charge is -2.61. The Bertz CT molecular complexity index is 1430. The third kappa shape index (κ3) is 4.86. The number of carboxylic acid groups (broad SMARTS) is 2. The lowest BCUT2D eigenvalue weighted by Crippen LogP contribution is -2.74. The number of phenolic OH excluding ortho intramolecular Hbond substituents is 1. The highest BCUT2D eigenvalue weighted by atomic mass is 16.6. The summed E-state index contributed by atoms with van der Waals surface area (Å²) in [5.74, 6) is -6.48. The number of piperidine rings is 1.